The number of hydrogen-bond donors (Lipinski definition) is 0. The molecule has 0 atom stereocenters. The number of fused-ring (bicyclic) bond motifs is 1. The van der Waals surface area contributed by atoms with E-state index in [-0.39, 0.29) is 6.79 Å². The first-order valence-electron chi connectivity index (χ1n) is 4.23. The largest absolute Gasteiger partial charge is 0.454 e. The second-order valence-electron chi connectivity index (χ2n) is 2.84. The predicted octanol–water partition coefficient (Wildman–Crippen LogP) is 0.338. The van der Waals surface area contributed by atoms with Crippen molar-refractivity contribution >= 4 is 19.0 Å². The summed E-state index contributed by atoms with van der Waals surface area (Å²) in [4.78, 5) is 10.8. The maximum atomic E-state index is 10.8. The zero-order valence-electron chi connectivity index (χ0n) is 7.37. The highest BCUT2D eigenvalue weighted by Gasteiger charge is 2.19. The van der Waals surface area contributed by atoms with Crippen molar-refractivity contribution in [2.24, 2.45) is 0 Å². The Morgan fingerprint density at radius 3 is 3.00 bits per heavy atom. The van der Waals surface area contributed by atoms with Crippen LogP contribution in [0.1, 0.15) is 10.4 Å². The molecule has 3 nitrogen and oxygen atoms in total. The van der Waals surface area contributed by atoms with Crippen LogP contribution in [0.25, 0.3) is 0 Å². The van der Waals surface area contributed by atoms with Gasteiger partial charge in [0.25, 0.3) is 0 Å². The van der Waals surface area contributed by atoms with Crippen LogP contribution in [-0.4, -0.2) is 20.4 Å². The Hall–Kier alpha value is -1.45. The lowest BCUT2D eigenvalue weighted by Crippen LogP contribution is -2.16. The summed E-state index contributed by atoms with van der Waals surface area (Å²) >= 11 is 0. The van der Waals surface area contributed by atoms with Gasteiger partial charge in [-0.25, -0.2) is 0 Å². The standard InChI is InChI=1S/C9H9BO3/c1-10-7-2-3-8-9(6(7)4-11)13-5-12-8/h2-4,10H,5H2,1H3. The van der Waals surface area contributed by atoms with Gasteiger partial charge in [-0.2, -0.15) is 0 Å². The first kappa shape index (κ1) is 8.17. The Morgan fingerprint density at radius 1 is 1.46 bits per heavy atom. The van der Waals surface area contributed by atoms with Gasteiger partial charge in [0.05, 0.1) is 5.56 Å². The maximum absolute atomic E-state index is 10.8. The fourth-order valence-electron chi connectivity index (χ4n) is 1.47. The number of carbonyl (C=O) groups is 1. The molecule has 0 saturated heterocycles. The number of rotatable bonds is 2. The van der Waals surface area contributed by atoms with Crippen molar-refractivity contribution in [2.75, 3.05) is 6.79 Å². The molecular formula is C9H9BO3. The molecule has 0 radical (unpaired) electrons. The number of hydrogen-bond acceptors (Lipinski definition) is 3. The molecule has 13 heavy (non-hydrogen) atoms. The Labute approximate surface area is 76.9 Å². The van der Waals surface area contributed by atoms with Crippen LogP contribution >= 0.6 is 0 Å². The number of carbonyl (C=O) groups excluding carboxylic acids is 1. The topological polar surface area (TPSA) is 35.5 Å². The van der Waals surface area contributed by atoms with Gasteiger partial charge < -0.3 is 9.47 Å². The van der Waals surface area contributed by atoms with Gasteiger partial charge in [0.2, 0.25) is 6.79 Å². The molecule has 4 heteroatoms. The second-order valence-corrected chi connectivity index (χ2v) is 2.84. The molecule has 2 rings (SSSR count). The summed E-state index contributed by atoms with van der Waals surface area (Å²) in [7, 11) is 0.824. The zero-order chi connectivity index (χ0) is 9.26. The second kappa shape index (κ2) is 3.13. The SMILES string of the molecule is CBc1ccc2c(c1C=O)OCO2. The summed E-state index contributed by atoms with van der Waals surface area (Å²) in [6.07, 6.45) is 0.826. The quantitative estimate of drug-likeness (QED) is 0.481. The van der Waals surface area contributed by atoms with E-state index in [4.69, 9.17) is 9.47 Å². The molecule has 66 valence electrons. The van der Waals surface area contributed by atoms with Crippen molar-refractivity contribution in [1.82, 2.24) is 0 Å². The van der Waals surface area contributed by atoms with Gasteiger partial charge in [0.15, 0.2) is 25.1 Å². The summed E-state index contributed by atoms with van der Waals surface area (Å²) in [6, 6.07) is 3.74. The van der Waals surface area contributed by atoms with Crippen molar-refractivity contribution in [2.45, 2.75) is 6.82 Å². The highest BCUT2D eigenvalue weighted by atomic mass is 16.7. The van der Waals surface area contributed by atoms with E-state index in [9.17, 15) is 4.79 Å². The lowest BCUT2D eigenvalue weighted by Gasteiger charge is -2.03. The molecule has 1 aliphatic rings. The van der Waals surface area contributed by atoms with Gasteiger partial charge in [0.1, 0.15) is 0 Å². The number of aldehydes is 1. The smallest absolute Gasteiger partial charge is 0.231 e. The average molecular weight is 176 g/mol. The lowest BCUT2D eigenvalue weighted by molar-refractivity contribution is 0.111. The fourth-order valence-corrected chi connectivity index (χ4v) is 1.47. The van der Waals surface area contributed by atoms with Crippen molar-refractivity contribution in [3.63, 3.8) is 0 Å². The third-order valence-corrected chi connectivity index (χ3v) is 2.17. The van der Waals surface area contributed by atoms with Gasteiger partial charge in [0, 0.05) is 0 Å². The van der Waals surface area contributed by atoms with E-state index >= 15 is 0 Å². The van der Waals surface area contributed by atoms with Gasteiger partial charge in [-0.05, 0) is 6.07 Å². The molecule has 0 unspecified atom stereocenters. The summed E-state index contributed by atoms with van der Waals surface area (Å²) in [5.41, 5.74) is 1.62. The Morgan fingerprint density at radius 2 is 2.31 bits per heavy atom. The number of benzene rings is 1. The minimum absolute atomic E-state index is 0.212. The molecule has 1 aromatic rings. The molecule has 0 N–H and O–H groups in total. The minimum Gasteiger partial charge on any atom is -0.454 e. The normalized spacial score (nSPS) is 12.7. The highest BCUT2D eigenvalue weighted by molar-refractivity contribution is 6.53. The van der Waals surface area contributed by atoms with Crippen LogP contribution in [0.4, 0.5) is 0 Å². The van der Waals surface area contributed by atoms with E-state index < -0.39 is 0 Å². The summed E-state index contributed by atoms with van der Waals surface area (Å²) in [5.74, 6) is 1.26. The number of ether oxygens (including phenoxy) is 2. The van der Waals surface area contributed by atoms with Crippen molar-refractivity contribution in [3.8, 4) is 11.5 Å². The van der Waals surface area contributed by atoms with Crippen molar-refractivity contribution in [3.05, 3.63) is 17.7 Å². The molecule has 0 bridgehead atoms. The van der Waals surface area contributed by atoms with E-state index in [1.54, 1.807) is 0 Å². The van der Waals surface area contributed by atoms with Crippen molar-refractivity contribution in [1.29, 1.82) is 0 Å². The molecule has 1 heterocycles. The monoisotopic (exact) mass is 176 g/mol. The van der Waals surface area contributed by atoms with E-state index in [0.29, 0.717) is 17.1 Å². The maximum Gasteiger partial charge on any atom is 0.231 e. The summed E-state index contributed by atoms with van der Waals surface area (Å²) in [5, 5.41) is 0. The molecule has 0 aliphatic carbocycles. The Bertz CT molecular complexity index is 349. The molecule has 0 amide bonds. The molecule has 0 fully saturated rings. The lowest BCUT2D eigenvalue weighted by atomic mass is 9.71. The van der Waals surface area contributed by atoms with E-state index in [2.05, 4.69) is 0 Å². The fraction of sp³-hybridized carbons (Fsp3) is 0.222. The third-order valence-electron chi connectivity index (χ3n) is 2.17. The predicted molar refractivity (Wildman–Crippen MR) is 50.6 cm³/mol. The molecule has 0 saturated carbocycles. The van der Waals surface area contributed by atoms with Crippen molar-refractivity contribution < 1.29 is 14.3 Å². The zero-order valence-corrected chi connectivity index (χ0v) is 7.37. The van der Waals surface area contributed by atoms with Crippen LogP contribution in [0.2, 0.25) is 6.82 Å². The van der Waals surface area contributed by atoms with Gasteiger partial charge in [-0.1, -0.05) is 18.4 Å². The molecule has 0 spiro atoms. The molecule has 1 aromatic carbocycles. The van der Waals surface area contributed by atoms with E-state index in [0.717, 1.165) is 19.0 Å². The first-order chi connectivity index (χ1) is 6.36. The van der Waals surface area contributed by atoms with Crippen LogP contribution in [-0.2, 0) is 0 Å². The summed E-state index contributed by atoms with van der Waals surface area (Å²) in [6.45, 7) is 2.22. The highest BCUT2D eigenvalue weighted by Crippen LogP contribution is 2.33. The molecule has 1 aliphatic heterocycles. The third kappa shape index (κ3) is 1.18. The van der Waals surface area contributed by atoms with E-state index in [1.165, 1.54) is 0 Å². The summed E-state index contributed by atoms with van der Waals surface area (Å²) < 4.78 is 10.4. The van der Waals surface area contributed by atoms with Gasteiger partial charge in [-0.3, -0.25) is 4.79 Å². The van der Waals surface area contributed by atoms with Crippen LogP contribution in [0.5, 0.6) is 11.5 Å². The Kier molecular flexibility index (Phi) is 1.96. The van der Waals surface area contributed by atoms with Crippen LogP contribution in [0.15, 0.2) is 12.1 Å². The average Bonchev–Trinajstić information content (AvgIpc) is 2.63. The molecular weight excluding hydrogens is 167 g/mol. The van der Waals surface area contributed by atoms with Crippen LogP contribution < -0.4 is 14.9 Å². The van der Waals surface area contributed by atoms with Gasteiger partial charge in [-0.15, -0.1) is 0 Å². The Balaban J connectivity index is 2.59. The van der Waals surface area contributed by atoms with Crippen LogP contribution in [0.3, 0.4) is 0 Å². The first-order valence-corrected chi connectivity index (χ1v) is 4.23. The minimum atomic E-state index is 0.212. The van der Waals surface area contributed by atoms with Crippen LogP contribution in [0, 0.1) is 0 Å². The van der Waals surface area contributed by atoms with Gasteiger partial charge >= 0.3 is 0 Å². The van der Waals surface area contributed by atoms with E-state index in [1.807, 2.05) is 19.0 Å². The molecule has 0 aromatic heterocycles.